The summed E-state index contributed by atoms with van der Waals surface area (Å²) in [5.74, 6) is -0.482. The number of fused-ring (bicyclic) bond motifs is 2. The number of anilines is 1. The van der Waals surface area contributed by atoms with Crippen LogP contribution in [0.2, 0.25) is 0 Å². The van der Waals surface area contributed by atoms with Gasteiger partial charge in [-0.25, -0.2) is 17.8 Å². The molecule has 2 heterocycles. The van der Waals surface area contributed by atoms with Crippen molar-refractivity contribution in [3.8, 4) is 22.8 Å². The lowest BCUT2D eigenvalue weighted by Crippen LogP contribution is -2.47. The van der Waals surface area contributed by atoms with Crippen LogP contribution in [0, 0.1) is 5.82 Å². The first kappa shape index (κ1) is 32.6. The fourth-order valence-corrected chi connectivity index (χ4v) is 7.35. The van der Waals surface area contributed by atoms with E-state index in [0.717, 1.165) is 26.9 Å². The SMILES string of the molecule is C[C@H](c1ccc(F)cc1)N(NS(=O)(=O)c1cccc2c(N(C)C)cccc12)C(=O)c1cccc(-c2cnc(-c3cc4ccccc4cn3)[nH]2)c1. The van der Waals surface area contributed by atoms with Crippen molar-refractivity contribution in [3.05, 3.63) is 145 Å². The number of hydrazine groups is 1. The van der Waals surface area contributed by atoms with Gasteiger partial charge in [0.05, 0.1) is 22.8 Å². The number of aromatic nitrogens is 3. The van der Waals surface area contributed by atoms with Crippen molar-refractivity contribution >= 4 is 43.2 Å². The Labute approximate surface area is 289 Å². The van der Waals surface area contributed by atoms with Gasteiger partial charge in [0.25, 0.3) is 15.9 Å². The Morgan fingerprint density at radius 1 is 0.800 bits per heavy atom. The van der Waals surface area contributed by atoms with Gasteiger partial charge in [-0.15, -0.1) is 4.83 Å². The van der Waals surface area contributed by atoms with Crippen LogP contribution < -0.4 is 9.73 Å². The average Bonchev–Trinajstić information content (AvgIpc) is 3.64. The highest BCUT2D eigenvalue weighted by molar-refractivity contribution is 7.89. The van der Waals surface area contributed by atoms with E-state index in [1.807, 2.05) is 67.5 Å². The summed E-state index contributed by atoms with van der Waals surface area (Å²) >= 11 is 0. The van der Waals surface area contributed by atoms with Gasteiger partial charge in [0.2, 0.25) is 0 Å². The molecule has 0 bridgehead atoms. The van der Waals surface area contributed by atoms with Gasteiger partial charge >= 0.3 is 0 Å². The van der Waals surface area contributed by atoms with Crippen LogP contribution in [0.25, 0.3) is 44.3 Å². The summed E-state index contributed by atoms with van der Waals surface area (Å²) in [7, 11) is -0.536. The maximum Gasteiger partial charge on any atom is 0.269 e. The molecule has 0 unspecified atom stereocenters. The Balaban J connectivity index is 1.24. The molecule has 0 fully saturated rings. The summed E-state index contributed by atoms with van der Waals surface area (Å²) in [6.07, 6.45) is 3.46. The number of sulfonamides is 1. The molecule has 9 nitrogen and oxygen atoms in total. The smallest absolute Gasteiger partial charge is 0.269 e. The molecule has 2 aromatic heterocycles. The summed E-state index contributed by atoms with van der Waals surface area (Å²) in [6.45, 7) is 1.68. The highest BCUT2D eigenvalue weighted by Gasteiger charge is 2.30. The van der Waals surface area contributed by atoms with Gasteiger partial charge in [0, 0.05) is 53.3 Å². The van der Waals surface area contributed by atoms with E-state index in [9.17, 15) is 17.6 Å². The third-order valence-electron chi connectivity index (χ3n) is 8.68. The number of aromatic amines is 1. The molecule has 250 valence electrons. The summed E-state index contributed by atoms with van der Waals surface area (Å²) in [5.41, 5.74) is 3.59. The minimum absolute atomic E-state index is 0.0175. The van der Waals surface area contributed by atoms with Crippen LogP contribution >= 0.6 is 0 Å². The third-order valence-corrected chi connectivity index (χ3v) is 10.0. The number of carbonyl (C=O) groups is 1. The summed E-state index contributed by atoms with van der Waals surface area (Å²) in [5, 5.41) is 4.38. The van der Waals surface area contributed by atoms with Gasteiger partial charge in [-0.2, -0.15) is 0 Å². The lowest BCUT2D eigenvalue weighted by Gasteiger charge is -2.30. The highest BCUT2D eigenvalue weighted by atomic mass is 32.2. The van der Waals surface area contributed by atoms with Crippen molar-refractivity contribution in [2.24, 2.45) is 0 Å². The van der Waals surface area contributed by atoms with Crippen LogP contribution in [0.4, 0.5) is 10.1 Å². The van der Waals surface area contributed by atoms with Crippen LogP contribution in [-0.2, 0) is 10.0 Å². The average molecular weight is 685 g/mol. The molecule has 1 atom stereocenters. The molecule has 0 saturated carbocycles. The largest absolute Gasteiger partial charge is 0.377 e. The monoisotopic (exact) mass is 684 g/mol. The molecule has 2 N–H and O–H groups in total. The number of imidazole rings is 1. The normalized spacial score (nSPS) is 12.2. The molecule has 1 amide bonds. The maximum atomic E-state index is 14.4. The van der Waals surface area contributed by atoms with E-state index in [2.05, 4.69) is 19.8 Å². The van der Waals surface area contributed by atoms with E-state index in [1.54, 1.807) is 55.7 Å². The van der Waals surface area contributed by atoms with Crippen molar-refractivity contribution in [1.29, 1.82) is 0 Å². The molecule has 0 radical (unpaired) electrons. The van der Waals surface area contributed by atoms with Gasteiger partial charge in [-0.1, -0.05) is 72.8 Å². The van der Waals surface area contributed by atoms with E-state index < -0.39 is 27.8 Å². The Morgan fingerprint density at radius 2 is 1.52 bits per heavy atom. The number of pyridine rings is 1. The zero-order valence-electron chi connectivity index (χ0n) is 27.5. The maximum absolute atomic E-state index is 14.4. The second kappa shape index (κ2) is 13.2. The molecular formula is C39H33FN6O3S. The van der Waals surface area contributed by atoms with E-state index >= 15 is 0 Å². The van der Waals surface area contributed by atoms with Gasteiger partial charge in [0.1, 0.15) is 11.5 Å². The molecule has 50 heavy (non-hydrogen) atoms. The number of hydrogen-bond donors (Lipinski definition) is 2. The van der Waals surface area contributed by atoms with Crippen molar-refractivity contribution in [2.45, 2.75) is 17.9 Å². The molecule has 5 aromatic carbocycles. The lowest BCUT2D eigenvalue weighted by molar-refractivity contribution is 0.0640. The fourth-order valence-electron chi connectivity index (χ4n) is 6.02. The summed E-state index contributed by atoms with van der Waals surface area (Å²) < 4.78 is 42.2. The molecule has 0 spiro atoms. The number of nitrogens with one attached hydrogen (secondary N) is 2. The number of H-pyrrole nitrogens is 1. The molecule has 11 heteroatoms. The Kier molecular flexibility index (Phi) is 8.60. The molecule has 0 aliphatic rings. The minimum atomic E-state index is -4.31. The lowest BCUT2D eigenvalue weighted by atomic mass is 10.1. The molecule has 7 rings (SSSR count). The van der Waals surface area contributed by atoms with Crippen LogP contribution in [-0.4, -0.2) is 48.4 Å². The predicted octanol–water partition coefficient (Wildman–Crippen LogP) is 7.75. The van der Waals surface area contributed by atoms with E-state index in [1.165, 1.54) is 30.3 Å². The Hall–Kier alpha value is -5.91. The molecule has 0 aliphatic heterocycles. The molecule has 7 aromatic rings. The standard InChI is InChI=1S/C39H33FN6O3S/c1-25(26-17-19-31(40)20-18-26)46(44-50(48,49)37-16-8-13-32-33(37)14-7-15-36(32)45(2)3)39(47)29-12-6-11-28(21-29)35-24-42-38(43-35)34-22-27-9-4-5-10-30(27)23-41-34/h4-25,44H,1-3H3,(H,42,43)/t25-/m1/s1. The second-order valence-electron chi connectivity index (χ2n) is 12.2. The minimum Gasteiger partial charge on any atom is -0.377 e. The molecule has 0 saturated heterocycles. The third kappa shape index (κ3) is 6.31. The Morgan fingerprint density at radius 3 is 2.30 bits per heavy atom. The second-order valence-corrected chi connectivity index (χ2v) is 13.8. The van der Waals surface area contributed by atoms with Crippen molar-refractivity contribution in [2.75, 3.05) is 19.0 Å². The fraction of sp³-hybridized carbons (Fsp3) is 0.103. The van der Waals surface area contributed by atoms with Crippen molar-refractivity contribution in [3.63, 3.8) is 0 Å². The van der Waals surface area contributed by atoms with E-state index in [-0.39, 0.29) is 10.5 Å². The van der Waals surface area contributed by atoms with Crippen LogP contribution in [0.1, 0.15) is 28.9 Å². The van der Waals surface area contributed by atoms with Crippen LogP contribution in [0.3, 0.4) is 0 Å². The van der Waals surface area contributed by atoms with Gasteiger partial charge in [0.15, 0.2) is 5.82 Å². The number of halogens is 1. The number of hydrogen-bond acceptors (Lipinski definition) is 6. The number of carbonyl (C=O) groups excluding carboxylic acids is 1. The van der Waals surface area contributed by atoms with Crippen LogP contribution in [0.15, 0.2) is 133 Å². The number of rotatable bonds is 9. The summed E-state index contributed by atoms with van der Waals surface area (Å²) in [4.78, 5) is 31.3. The van der Waals surface area contributed by atoms with Gasteiger partial charge < -0.3 is 9.88 Å². The molecular weight excluding hydrogens is 652 g/mol. The first-order valence-electron chi connectivity index (χ1n) is 15.9. The zero-order valence-corrected chi connectivity index (χ0v) is 28.3. The topological polar surface area (TPSA) is 111 Å². The number of amides is 1. The first-order chi connectivity index (χ1) is 24.1. The predicted molar refractivity (Wildman–Crippen MR) is 194 cm³/mol. The first-order valence-corrected chi connectivity index (χ1v) is 17.4. The summed E-state index contributed by atoms with van der Waals surface area (Å²) in [6, 6.07) is 32.0. The van der Waals surface area contributed by atoms with Gasteiger partial charge in [-0.3, -0.25) is 14.8 Å². The zero-order chi connectivity index (χ0) is 35.0. The highest BCUT2D eigenvalue weighted by Crippen LogP contribution is 2.32. The number of nitrogens with zero attached hydrogens (tertiary/aromatic N) is 4. The van der Waals surface area contributed by atoms with E-state index in [0.29, 0.717) is 33.7 Å². The van der Waals surface area contributed by atoms with Crippen molar-refractivity contribution < 1.29 is 17.6 Å². The van der Waals surface area contributed by atoms with Gasteiger partial charge in [-0.05, 0) is 60.3 Å². The van der Waals surface area contributed by atoms with Crippen LogP contribution in [0.5, 0.6) is 0 Å². The molecule has 0 aliphatic carbocycles. The number of benzene rings is 5. The van der Waals surface area contributed by atoms with E-state index in [4.69, 9.17) is 0 Å². The Bertz CT molecular complexity index is 2480. The quantitative estimate of drug-likeness (QED) is 0.151. The van der Waals surface area contributed by atoms with Crippen molar-refractivity contribution in [1.82, 2.24) is 24.8 Å².